The summed E-state index contributed by atoms with van der Waals surface area (Å²) in [6.07, 6.45) is -3.94. The van der Waals surface area contributed by atoms with Gasteiger partial charge in [0.2, 0.25) is 0 Å². The second-order valence-electron chi connectivity index (χ2n) is 6.16. The van der Waals surface area contributed by atoms with Crippen molar-refractivity contribution in [1.29, 1.82) is 0 Å². The van der Waals surface area contributed by atoms with Crippen LogP contribution < -0.4 is 0 Å². The molecule has 0 aromatic rings. The summed E-state index contributed by atoms with van der Waals surface area (Å²) in [5, 5.41) is 0. The van der Waals surface area contributed by atoms with Crippen LogP contribution in [0.2, 0.25) is 0 Å². The SMILES string of the molecule is CC(=O)O[C@@H]1[C@H](OC(C)=O)[C@H](OC(C)=O)[C@H]2COC[C@H]2[C@@H]1OC(C)=O. The van der Waals surface area contributed by atoms with Gasteiger partial charge in [0.1, 0.15) is 12.2 Å². The maximum absolute atomic E-state index is 11.6. The second kappa shape index (κ2) is 7.81. The van der Waals surface area contributed by atoms with Gasteiger partial charge in [0.15, 0.2) is 12.2 Å². The Morgan fingerprint density at radius 2 is 0.880 bits per heavy atom. The Morgan fingerprint density at radius 1 is 0.600 bits per heavy atom. The highest BCUT2D eigenvalue weighted by atomic mass is 16.6. The van der Waals surface area contributed by atoms with E-state index in [4.69, 9.17) is 23.7 Å². The van der Waals surface area contributed by atoms with Crippen molar-refractivity contribution in [1.82, 2.24) is 0 Å². The first-order valence-corrected chi connectivity index (χ1v) is 7.97. The first-order chi connectivity index (χ1) is 11.7. The fourth-order valence-corrected chi connectivity index (χ4v) is 3.47. The van der Waals surface area contributed by atoms with Gasteiger partial charge in [0.25, 0.3) is 0 Å². The molecule has 0 N–H and O–H groups in total. The number of esters is 4. The zero-order valence-corrected chi connectivity index (χ0v) is 14.6. The summed E-state index contributed by atoms with van der Waals surface area (Å²) in [6.45, 7) is 5.32. The average molecular weight is 358 g/mol. The minimum Gasteiger partial charge on any atom is -0.458 e. The summed E-state index contributed by atoms with van der Waals surface area (Å²) in [5.74, 6) is -3.13. The van der Waals surface area contributed by atoms with Crippen molar-refractivity contribution < 1.29 is 42.9 Å². The molecule has 9 heteroatoms. The fraction of sp³-hybridized carbons (Fsp3) is 0.750. The number of carbonyl (C=O) groups excluding carboxylic acids is 4. The highest BCUT2D eigenvalue weighted by Gasteiger charge is 2.59. The summed E-state index contributed by atoms with van der Waals surface area (Å²) >= 11 is 0. The summed E-state index contributed by atoms with van der Waals surface area (Å²) in [4.78, 5) is 46.2. The highest BCUT2D eigenvalue weighted by molar-refractivity contribution is 5.69. The Bertz CT molecular complexity index is 510. The quantitative estimate of drug-likeness (QED) is 0.505. The molecule has 0 unspecified atom stereocenters. The van der Waals surface area contributed by atoms with Crippen LogP contribution in [-0.2, 0) is 42.9 Å². The molecule has 9 nitrogen and oxygen atoms in total. The maximum Gasteiger partial charge on any atom is 0.303 e. The molecule has 0 bridgehead atoms. The van der Waals surface area contributed by atoms with Gasteiger partial charge >= 0.3 is 23.9 Å². The number of ether oxygens (including phenoxy) is 5. The third-order valence-corrected chi connectivity index (χ3v) is 4.19. The molecule has 2 rings (SSSR count). The van der Waals surface area contributed by atoms with Crippen LogP contribution in [0.5, 0.6) is 0 Å². The molecule has 1 heterocycles. The Balaban J connectivity index is 2.43. The number of fused-ring (bicyclic) bond motifs is 1. The molecule has 0 amide bonds. The van der Waals surface area contributed by atoms with Gasteiger partial charge in [0, 0.05) is 39.5 Å². The molecule has 0 radical (unpaired) electrons. The molecule has 1 saturated carbocycles. The largest absolute Gasteiger partial charge is 0.458 e. The van der Waals surface area contributed by atoms with Crippen molar-refractivity contribution in [2.45, 2.75) is 52.1 Å². The molecule has 1 aliphatic heterocycles. The smallest absolute Gasteiger partial charge is 0.303 e. The number of hydrogen-bond donors (Lipinski definition) is 0. The third-order valence-electron chi connectivity index (χ3n) is 4.19. The monoisotopic (exact) mass is 358 g/mol. The number of carbonyl (C=O) groups is 4. The molecule has 0 aromatic heterocycles. The third kappa shape index (κ3) is 4.47. The molecule has 1 aliphatic carbocycles. The molecule has 2 fully saturated rings. The minimum absolute atomic E-state index is 0.241. The molecule has 0 aromatic carbocycles. The van der Waals surface area contributed by atoms with E-state index in [0.717, 1.165) is 0 Å². The van der Waals surface area contributed by atoms with Gasteiger partial charge in [-0.1, -0.05) is 0 Å². The van der Waals surface area contributed by atoms with Crippen LogP contribution in [-0.4, -0.2) is 61.5 Å². The summed E-state index contributed by atoms with van der Waals surface area (Å²) in [5.41, 5.74) is 0. The van der Waals surface area contributed by atoms with Crippen LogP contribution in [0.25, 0.3) is 0 Å². The van der Waals surface area contributed by atoms with Crippen molar-refractivity contribution in [2.24, 2.45) is 11.8 Å². The van der Waals surface area contributed by atoms with E-state index >= 15 is 0 Å². The molecule has 0 spiro atoms. The molecule has 25 heavy (non-hydrogen) atoms. The molecular formula is C16H22O9. The zero-order valence-electron chi connectivity index (χ0n) is 14.6. The normalized spacial score (nSPS) is 33.8. The van der Waals surface area contributed by atoms with Crippen molar-refractivity contribution in [2.75, 3.05) is 13.2 Å². The van der Waals surface area contributed by atoms with Gasteiger partial charge in [-0.2, -0.15) is 0 Å². The lowest BCUT2D eigenvalue weighted by atomic mass is 9.74. The van der Waals surface area contributed by atoms with Gasteiger partial charge in [-0.25, -0.2) is 0 Å². The lowest BCUT2D eigenvalue weighted by Gasteiger charge is -2.45. The Morgan fingerprint density at radius 3 is 1.16 bits per heavy atom. The molecule has 140 valence electrons. The predicted molar refractivity (Wildman–Crippen MR) is 80.0 cm³/mol. The Hall–Kier alpha value is -2.16. The minimum atomic E-state index is -1.10. The lowest BCUT2D eigenvalue weighted by molar-refractivity contribution is -0.225. The van der Waals surface area contributed by atoms with E-state index in [2.05, 4.69) is 0 Å². The van der Waals surface area contributed by atoms with Gasteiger partial charge in [-0.15, -0.1) is 0 Å². The van der Waals surface area contributed by atoms with Crippen LogP contribution in [0, 0.1) is 11.8 Å². The van der Waals surface area contributed by atoms with Crippen LogP contribution in [0.15, 0.2) is 0 Å². The van der Waals surface area contributed by atoms with Gasteiger partial charge in [0.05, 0.1) is 13.2 Å². The van der Waals surface area contributed by atoms with Crippen molar-refractivity contribution in [3.8, 4) is 0 Å². The summed E-state index contributed by atoms with van der Waals surface area (Å²) < 4.78 is 26.8. The standard InChI is InChI=1S/C16H22O9/c1-7(17)22-13-11-5-21-6-12(11)14(23-8(2)18)16(25-10(4)20)15(13)24-9(3)19/h11-16H,5-6H2,1-4H3/t11-,12+,13+,14-,15+,16-. The van der Waals surface area contributed by atoms with Gasteiger partial charge in [-0.05, 0) is 0 Å². The maximum atomic E-state index is 11.6. The molecule has 6 atom stereocenters. The van der Waals surface area contributed by atoms with E-state index in [9.17, 15) is 19.2 Å². The lowest BCUT2D eigenvalue weighted by Crippen LogP contribution is -2.62. The molecule has 2 aliphatic rings. The number of rotatable bonds is 4. The van der Waals surface area contributed by atoms with Crippen LogP contribution in [0.1, 0.15) is 27.7 Å². The topological polar surface area (TPSA) is 114 Å². The molecule has 1 saturated heterocycles. The van der Waals surface area contributed by atoms with E-state index in [-0.39, 0.29) is 25.0 Å². The van der Waals surface area contributed by atoms with Crippen molar-refractivity contribution in [3.63, 3.8) is 0 Å². The van der Waals surface area contributed by atoms with Crippen LogP contribution in [0.4, 0.5) is 0 Å². The van der Waals surface area contributed by atoms with Crippen molar-refractivity contribution >= 4 is 23.9 Å². The zero-order chi connectivity index (χ0) is 18.7. The van der Waals surface area contributed by atoms with E-state index in [1.807, 2.05) is 0 Å². The summed E-state index contributed by atoms with van der Waals surface area (Å²) in [6, 6.07) is 0. The first kappa shape index (κ1) is 19.2. The van der Waals surface area contributed by atoms with E-state index in [0.29, 0.717) is 0 Å². The van der Waals surface area contributed by atoms with E-state index < -0.39 is 48.3 Å². The molecular weight excluding hydrogens is 336 g/mol. The fourth-order valence-electron chi connectivity index (χ4n) is 3.47. The average Bonchev–Trinajstić information content (AvgIpc) is 2.93. The summed E-state index contributed by atoms with van der Waals surface area (Å²) in [7, 11) is 0. The van der Waals surface area contributed by atoms with E-state index in [1.54, 1.807) is 0 Å². The Kier molecular flexibility index (Phi) is 5.99. The Labute approximate surface area is 144 Å². The van der Waals surface area contributed by atoms with Gasteiger partial charge < -0.3 is 23.7 Å². The second-order valence-corrected chi connectivity index (χ2v) is 6.16. The number of hydrogen-bond acceptors (Lipinski definition) is 9. The van der Waals surface area contributed by atoms with Crippen molar-refractivity contribution in [3.05, 3.63) is 0 Å². The highest BCUT2D eigenvalue weighted by Crippen LogP contribution is 2.41. The van der Waals surface area contributed by atoms with Gasteiger partial charge in [-0.3, -0.25) is 19.2 Å². The van der Waals surface area contributed by atoms with Crippen LogP contribution >= 0.6 is 0 Å². The first-order valence-electron chi connectivity index (χ1n) is 7.97. The van der Waals surface area contributed by atoms with Crippen LogP contribution in [0.3, 0.4) is 0 Å². The van der Waals surface area contributed by atoms with E-state index in [1.165, 1.54) is 27.7 Å². The predicted octanol–water partition coefficient (Wildman–Crippen LogP) is -0.0106.